The summed E-state index contributed by atoms with van der Waals surface area (Å²) in [5, 5.41) is 1.01. The lowest BCUT2D eigenvalue weighted by molar-refractivity contribution is 0.0306. The Hall–Kier alpha value is -2.91. The average Bonchev–Trinajstić information content (AvgIpc) is 3.21. The molecule has 32 heavy (non-hydrogen) atoms. The summed E-state index contributed by atoms with van der Waals surface area (Å²) < 4.78 is 10.7. The number of thiophene rings is 1. The first-order valence-corrected chi connectivity index (χ1v) is 11.7. The quantitative estimate of drug-likeness (QED) is 0.602. The molecule has 0 spiro atoms. The van der Waals surface area contributed by atoms with Gasteiger partial charge in [0.2, 0.25) is 0 Å². The van der Waals surface area contributed by atoms with Gasteiger partial charge in [-0.15, -0.1) is 11.3 Å². The van der Waals surface area contributed by atoms with Crippen molar-refractivity contribution < 1.29 is 14.3 Å². The van der Waals surface area contributed by atoms with Gasteiger partial charge in [-0.05, 0) is 36.8 Å². The summed E-state index contributed by atoms with van der Waals surface area (Å²) in [7, 11) is 1.68. The van der Waals surface area contributed by atoms with Gasteiger partial charge in [-0.1, -0.05) is 0 Å². The Labute approximate surface area is 191 Å². The van der Waals surface area contributed by atoms with Gasteiger partial charge in [-0.25, -0.2) is 9.97 Å². The lowest BCUT2D eigenvalue weighted by Gasteiger charge is -2.37. The van der Waals surface area contributed by atoms with E-state index >= 15 is 0 Å². The molecular weight excluding hydrogens is 426 g/mol. The van der Waals surface area contributed by atoms with Gasteiger partial charge in [-0.2, -0.15) is 0 Å². The summed E-state index contributed by atoms with van der Waals surface area (Å²) in [4.78, 5) is 30.5. The Bertz CT molecular complexity index is 1100. The van der Waals surface area contributed by atoms with Crippen molar-refractivity contribution in [2.45, 2.75) is 6.92 Å². The number of rotatable bonds is 4. The minimum atomic E-state index is 0.0732. The van der Waals surface area contributed by atoms with Crippen molar-refractivity contribution in [3.05, 3.63) is 41.0 Å². The van der Waals surface area contributed by atoms with Crippen LogP contribution in [-0.4, -0.2) is 80.4 Å². The third-order valence-electron chi connectivity index (χ3n) is 6.22. The number of morpholine rings is 1. The van der Waals surface area contributed by atoms with Crippen LogP contribution in [0, 0.1) is 6.92 Å². The van der Waals surface area contributed by atoms with Crippen LogP contribution in [-0.2, 0) is 4.74 Å². The van der Waals surface area contributed by atoms with Crippen molar-refractivity contribution in [3.63, 3.8) is 0 Å². The molecule has 9 heteroatoms. The Kier molecular flexibility index (Phi) is 5.84. The highest BCUT2D eigenvalue weighted by Gasteiger charge is 2.27. The number of hydrogen-bond acceptors (Lipinski definition) is 8. The number of fused-ring (bicyclic) bond motifs is 1. The molecule has 0 atom stereocenters. The zero-order valence-corrected chi connectivity index (χ0v) is 19.2. The highest BCUT2D eigenvalue weighted by molar-refractivity contribution is 7.20. The third kappa shape index (κ3) is 3.86. The second kappa shape index (κ2) is 8.91. The van der Waals surface area contributed by atoms with Crippen LogP contribution in [0.1, 0.15) is 15.2 Å². The van der Waals surface area contributed by atoms with Gasteiger partial charge in [0.25, 0.3) is 5.91 Å². The molecule has 2 aliphatic heterocycles. The number of carbonyl (C=O) groups is 1. The number of anilines is 2. The molecule has 2 fully saturated rings. The summed E-state index contributed by atoms with van der Waals surface area (Å²) in [6.45, 7) is 8.02. The van der Waals surface area contributed by atoms with Crippen molar-refractivity contribution in [2.24, 2.45) is 0 Å². The van der Waals surface area contributed by atoms with Crippen LogP contribution in [0.15, 0.2) is 30.6 Å². The van der Waals surface area contributed by atoms with E-state index in [1.807, 2.05) is 24.0 Å². The summed E-state index contributed by atoms with van der Waals surface area (Å²) in [5.41, 5.74) is 2.18. The summed E-state index contributed by atoms with van der Waals surface area (Å²) in [6, 6.07) is 8.20. The smallest absolute Gasteiger partial charge is 0.264 e. The van der Waals surface area contributed by atoms with Gasteiger partial charge in [0.15, 0.2) is 0 Å². The minimum Gasteiger partial charge on any atom is -0.497 e. The molecule has 0 bridgehead atoms. The summed E-state index contributed by atoms with van der Waals surface area (Å²) in [5.74, 6) is 1.87. The second-order valence-electron chi connectivity index (χ2n) is 8.01. The fourth-order valence-corrected chi connectivity index (χ4v) is 5.49. The zero-order chi connectivity index (χ0) is 22.1. The molecule has 2 aliphatic rings. The number of benzene rings is 1. The molecule has 4 heterocycles. The van der Waals surface area contributed by atoms with Crippen LogP contribution in [0.4, 0.5) is 11.5 Å². The van der Waals surface area contributed by atoms with Gasteiger partial charge < -0.3 is 24.2 Å². The topological polar surface area (TPSA) is 71.0 Å². The van der Waals surface area contributed by atoms with Crippen LogP contribution in [0.3, 0.4) is 0 Å². The second-order valence-corrected chi connectivity index (χ2v) is 9.01. The maximum Gasteiger partial charge on any atom is 0.264 e. The van der Waals surface area contributed by atoms with E-state index in [9.17, 15) is 4.79 Å². The van der Waals surface area contributed by atoms with Crippen molar-refractivity contribution in [3.8, 4) is 5.75 Å². The number of nitrogens with zero attached hydrogens (tertiary/aromatic N) is 5. The molecule has 3 aromatic rings. The van der Waals surface area contributed by atoms with E-state index in [1.165, 1.54) is 17.0 Å². The number of hydrogen-bond donors (Lipinski definition) is 0. The molecule has 0 aliphatic carbocycles. The van der Waals surface area contributed by atoms with E-state index in [2.05, 4.69) is 31.9 Å². The van der Waals surface area contributed by atoms with Gasteiger partial charge >= 0.3 is 0 Å². The predicted octanol–water partition coefficient (Wildman–Crippen LogP) is 2.81. The van der Waals surface area contributed by atoms with Crippen molar-refractivity contribution in [1.29, 1.82) is 0 Å². The first kappa shape index (κ1) is 21.0. The minimum absolute atomic E-state index is 0.0732. The highest BCUT2D eigenvalue weighted by Crippen LogP contribution is 2.36. The van der Waals surface area contributed by atoms with Crippen LogP contribution >= 0.6 is 11.3 Å². The summed E-state index contributed by atoms with van der Waals surface area (Å²) >= 11 is 1.47. The van der Waals surface area contributed by atoms with Crippen LogP contribution in [0.25, 0.3) is 10.2 Å². The standard InChI is InChI=1S/C23H27N5O3S/c1-16-19-21(27-9-7-26(8-10-27)17-3-5-18(30-2)6-4-17)24-15-25-22(19)32-20(16)23(29)28-11-13-31-14-12-28/h3-6,15H,7-14H2,1-2H3. The van der Waals surface area contributed by atoms with Crippen molar-refractivity contribution in [1.82, 2.24) is 14.9 Å². The van der Waals surface area contributed by atoms with Crippen molar-refractivity contribution >= 4 is 39.0 Å². The number of carbonyl (C=O) groups excluding carboxylic acids is 1. The first-order valence-electron chi connectivity index (χ1n) is 10.9. The summed E-state index contributed by atoms with van der Waals surface area (Å²) in [6.07, 6.45) is 1.62. The molecule has 0 radical (unpaired) electrons. The number of aryl methyl sites for hydroxylation is 1. The molecule has 8 nitrogen and oxygen atoms in total. The van der Waals surface area contributed by atoms with Gasteiger partial charge in [-0.3, -0.25) is 4.79 Å². The molecule has 0 saturated carbocycles. The first-order chi connectivity index (χ1) is 15.7. The number of aromatic nitrogens is 2. The number of ether oxygens (including phenoxy) is 2. The monoisotopic (exact) mass is 453 g/mol. The normalized spacial score (nSPS) is 17.1. The third-order valence-corrected chi connectivity index (χ3v) is 7.40. The Morgan fingerprint density at radius 3 is 2.38 bits per heavy atom. The van der Waals surface area contributed by atoms with Gasteiger partial charge in [0.05, 0.1) is 30.6 Å². The van der Waals surface area contributed by atoms with Gasteiger partial charge in [0.1, 0.15) is 22.7 Å². The molecular formula is C23H27N5O3S. The molecule has 1 aromatic carbocycles. The lowest BCUT2D eigenvalue weighted by atomic mass is 10.1. The van der Waals surface area contributed by atoms with Crippen LogP contribution in [0.2, 0.25) is 0 Å². The average molecular weight is 454 g/mol. The highest BCUT2D eigenvalue weighted by atomic mass is 32.1. The van der Waals surface area contributed by atoms with Crippen LogP contribution in [0.5, 0.6) is 5.75 Å². The molecule has 5 rings (SSSR count). The molecule has 168 valence electrons. The van der Waals surface area contributed by atoms with Crippen molar-refractivity contribution in [2.75, 3.05) is 69.4 Å². The molecule has 0 N–H and O–H groups in total. The maximum atomic E-state index is 13.1. The Morgan fingerprint density at radius 2 is 1.69 bits per heavy atom. The van der Waals surface area contributed by atoms with E-state index in [0.717, 1.165) is 58.4 Å². The van der Waals surface area contributed by atoms with E-state index in [0.29, 0.717) is 26.3 Å². The lowest BCUT2D eigenvalue weighted by Crippen LogP contribution is -2.46. The van der Waals surface area contributed by atoms with E-state index < -0.39 is 0 Å². The molecule has 2 aromatic heterocycles. The van der Waals surface area contributed by atoms with E-state index in [-0.39, 0.29) is 5.91 Å². The predicted molar refractivity (Wildman–Crippen MR) is 126 cm³/mol. The largest absolute Gasteiger partial charge is 0.497 e. The van der Waals surface area contributed by atoms with Gasteiger partial charge in [0, 0.05) is 45.0 Å². The number of piperazine rings is 1. The molecule has 0 unspecified atom stereocenters. The number of methoxy groups -OCH3 is 1. The SMILES string of the molecule is COc1ccc(N2CCN(c3ncnc4sc(C(=O)N5CCOCC5)c(C)c34)CC2)cc1. The Balaban J connectivity index is 1.36. The fourth-order valence-electron chi connectivity index (χ4n) is 4.38. The maximum absolute atomic E-state index is 13.1. The van der Waals surface area contributed by atoms with E-state index in [4.69, 9.17) is 9.47 Å². The van der Waals surface area contributed by atoms with E-state index in [1.54, 1.807) is 13.4 Å². The molecule has 2 saturated heterocycles. The molecule has 1 amide bonds. The Morgan fingerprint density at radius 1 is 1.00 bits per heavy atom. The number of amides is 1. The zero-order valence-electron chi connectivity index (χ0n) is 18.4. The van der Waals surface area contributed by atoms with Crippen LogP contribution < -0.4 is 14.5 Å². The fraction of sp³-hybridized carbons (Fsp3) is 0.435.